The number of fused-ring (bicyclic) bond motifs is 1. The number of amides is 1. The van der Waals surface area contributed by atoms with Gasteiger partial charge in [0.25, 0.3) is 21.6 Å². The van der Waals surface area contributed by atoms with Crippen molar-refractivity contribution in [3.05, 3.63) is 105 Å². The van der Waals surface area contributed by atoms with Crippen LogP contribution in [0.4, 0.5) is 5.69 Å². The van der Waals surface area contributed by atoms with E-state index in [2.05, 4.69) is 0 Å². The number of carbonyl (C=O) groups excluding carboxylic acids is 1. The molecule has 1 aliphatic heterocycles. The minimum absolute atomic E-state index is 0.154. The van der Waals surface area contributed by atoms with Crippen molar-refractivity contribution >= 4 is 37.4 Å². The average Bonchev–Trinajstić information content (AvgIpc) is 3.10. The zero-order valence-electron chi connectivity index (χ0n) is 18.4. The Morgan fingerprint density at radius 1 is 0.857 bits per heavy atom. The van der Waals surface area contributed by atoms with Gasteiger partial charge in [0.15, 0.2) is 0 Å². The van der Waals surface area contributed by atoms with Crippen LogP contribution in [-0.4, -0.2) is 32.0 Å². The monoisotopic (exact) mass is 514 g/mol. The summed E-state index contributed by atoms with van der Waals surface area (Å²) in [5, 5.41) is 11.5. The lowest BCUT2D eigenvalue weighted by Gasteiger charge is -2.18. The number of aryl methyl sites for hydroxylation is 2. The maximum absolute atomic E-state index is 13.4. The second-order valence-corrected chi connectivity index (χ2v) is 11.1. The molecule has 3 aromatic rings. The van der Waals surface area contributed by atoms with Gasteiger partial charge in [-0.2, -0.15) is 12.7 Å². The summed E-state index contributed by atoms with van der Waals surface area (Å²) in [6.45, 7) is 3.51. The first kappa shape index (κ1) is 24.1. The van der Waals surface area contributed by atoms with Crippen LogP contribution in [0.1, 0.15) is 27.0 Å². The lowest BCUT2D eigenvalue weighted by atomic mass is 10.1. The highest BCUT2D eigenvalue weighted by molar-refractivity contribution is 7.90. The molecule has 0 aliphatic carbocycles. The molecular formula is C23H18N2O8S2. The van der Waals surface area contributed by atoms with Crippen LogP contribution in [0.5, 0.6) is 0 Å². The summed E-state index contributed by atoms with van der Waals surface area (Å²) < 4.78 is 57.6. The second kappa shape index (κ2) is 8.64. The lowest BCUT2D eigenvalue weighted by molar-refractivity contribution is -0.385. The van der Waals surface area contributed by atoms with Crippen molar-refractivity contribution in [1.29, 1.82) is 0 Å². The number of carbonyl (C=O) groups is 1. The van der Waals surface area contributed by atoms with Crippen LogP contribution in [0.15, 0.2) is 82.8 Å². The predicted octanol–water partition coefficient (Wildman–Crippen LogP) is 3.76. The van der Waals surface area contributed by atoms with E-state index in [9.17, 15) is 31.7 Å². The van der Waals surface area contributed by atoms with Crippen LogP contribution >= 0.6 is 0 Å². The van der Waals surface area contributed by atoms with E-state index < -0.39 is 47.9 Å². The Morgan fingerprint density at radius 3 is 1.94 bits per heavy atom. The Kier molecular flexibility index (Phi) is 5.95. The first-order valence-corrected chi connectivity index (χ1v) is 12.9. The Morgan fingerprint density at radius 2 is 1.40 bits per heavy atom. The normalized spacial score (nSPS) is 14.7. The Bertz CT molecular complexity index is 1590. The van der Waals surface area contributed by atoms with Gasteiger partial charge in [-0.05, 0) is 38.1 Å². The third kappa shape index (κ3) is 4.29. The minimum atomic E-state index is -4.58. The fourth-order valence-electron chi connectivity index (χ4n) is 3.49. The Balaban J connectivity index is 1.88. The summed E-state index contributed by atoms with van der Waals surface area (Å²) in [6.07, 6.45) is 0.606. The van der Waals surface area contributed by atoms with Crippen molar-refractivity contribution < 1.29 is 30.7 Å². The maximum atomic E-state index is 13.4. The third-order valence-corrected chi connectivity index (χ3v) is 8.20. The molecule has 0 atom stereocenters. The van der Waals surface area contributed by atoms with Crippen molar-refractivity contribution in [2.75, 3.05) is 0 Å². The molecule has 4 rings (SSSR count). The highest BCUT2D eigenvalue weighted by Gasteiger charge is 2.45. The molecule has 180 valence electrons. The summed E-state index contributed by atoms with van der Waals surface area (Å²) in [7, 11) is -8.98. The molecule has 0 unspecified atom stereocenters. The quantitative estimate of drug-likeness (QED) is 0.210. The first-order chi connectivity index (χ1) is 16.4. The van der Waals surface area contributed by atoms with E-state index >= 15 is 0 Å². The van der Waals surface area contributed by atoms with Gasteiger partial charge in [-0.3, -0.25) is 14.9 Å². The highest BCUT2D eigenvalue weighted by atomic mass is 32.2. The molecule has 0 N–H and O–H groups in total. The van der Waals surface area contributed by atoms with Crippen molar-refractivity contribution in [3.8, 4) is 0 Å². The number of hydrogen-bond acceptors (Lipinski definition) is 8. The van der Waals surface area contributed by atoms with Gasteiger partial charge in [-0.1, -0.05) is 47.5 Å². The molecule has 0 aromatic heterocycles. The standard InChI is InChI=1S/C23H18N2O8S2/c1-15-6-10-17(11-7-15)34(29,30)24-21(14-33-35(31,32)18-12-8-16(2)9-13-18)19-4-3-5-20(25(27)28)22(19)23(24)26/h3-14H,1-2H3/b21-14+. The number of nitro groups is 1. The topological polar surface area (TPSA) is 141 Å². The van der Waals surface area contributed by atoms with Crippen LogP contribution < -0.4 is 0 Å². The Hall–Kier alpha value is -4.03. The first-order valence-electron chi connectivity index (χ1n) is 10.1. The number of nitro benzene ring substituents is 1. The summed E-state index contributed by atoms with van der Waals surface area (Å²) in [5.74, 6) is -1.20. The number of sulfonamides is 1. The van der Waals surface area contributed by atoms with Gasteiger partial charge >= 0.3 is 10.1 Å². The molecule has 35 heavy (non-hydrogen) atoms. The molecule has 0 bridgehead atoms. The molecule has 12 heteroatoms. The summed E-state index contributed by atoms with van der Waals surface area (Å²) >= 11 is 0. The summed E-state index contributed by atoms with van der Waals surface area (Å²) in [5.41, 5.74) is -0.166. The van der Waals surface area contributed by atoms with Gasteiger partial charge in [0.05, 0.1) is 9.82 Å². The zero-order valence-corrected chi connectivity index (χ0v) is 20.0. The largest absolute Gasteiger partial charge is 0.385 e. The van der Waals surface area contributed by atoms with Gasteiger partial charge in [0.2, 0.25) is 0 Å². The number of hydrogen-bond donors (Lipinski definition) is 0. The molecule has 1 heterocycles. The van der Waals surface area contributed by atoms with Gasteiger partial charge < -0.3 is 4.18 Å². The van der Waals surface area contributed by atoms with Crippen LogP contribution in [0.25, 0.3) is 5.70 Å². The van der Waals surface area contributed by atoms with Crippen molar-refractivity contribution in [2.24, 2.45) is 0 Å². The zero-order chi connectivity index (χ0) is 25.5. The van der Waals surface area contributed by atoms with Gasteiger partial charge in [0, 0.05) is 11.6 Å². The second-order valence-electron chi connectivity index (χ2n) is 7.71. The van der Waals surface area contributed by atoms with E-state index in [1.165, 1.54) is 48.5 Å². The molecule has 1 amide bonds. The maximum Gasteiger partial charge on any atom is 0.338 e. The van der Waals surface area contributed by atoms with Gasteiger partial charge in [-0.15, -0.1) is 0 Å². The van der Waals surface area contributed by atoms with Crippen LogP contribution in [0.2, 0.25) is 0 Å². The fraction of sp³-hybridized carbons (Fsp3) is 0.0870. The van der Waals surface area contributed by atoms with Crippen LogP contribution in [0.3, 0.4) is 0 Å². The van der Waals surface area contributed by atoms with Crippen molar-refractivity contribution in [2.45, 2.75) is 23.6 Å². The van der Waals surface area contributed by atoms with Gasteiger partial charge in [-0.25, -0.2) is 8.42 Å². The van der Waals surface area contributed by atoms with Crippen molar-refractivity contribution in [3.63, 3.8) is 0 Å². The fourth-order valence-corrected chi connectivity index (χ4v) is 5.68. The van der Waals surface area contributed by atoms with Gasteiger partial charge in [0.1, 0.15) is 22.4 Å². The number of nitrogens with zero attached hydrogens (tertiary/aromatic N) is 2. The molecule has 10 nitrogen and oxygen atoms in total. The molecular weight excluding hydrogens is 496 g/mol. The van der Waals surface area contributed by atoms with Crippen molar-refractivity contribution in [1.82, 2.24) is 4.31 Å². The number of benzene rings is 3. The average molecular weight is 515 g/mol. The third-order valence-electron chi connectivity index (χ3n) is 5.29. The molecule has 0 radical (unpaired) electrons. The summed E-state index contributed by atoms with van der Waals surface area (Å²) in [6, 6.07) is 14.9. The van der Waals surface area contributed by atoms with E-state index in [1.807, 2.05) is 0 Å². The smallest absolute Gasteiger partial charge is 0.338 e. The molecule has 1 aliphatic rings. The molecule has 0 spiro atoms. The minimum Gasteiger partial charge on any atom is -0.385 e. The highest BCUT2D eigenvalue weighted by Crippen LogP contribution is 2.41. The van der Waals surface area contributed by atoms with E-state index in [0.29, 0.717) is 10.6 Å². The van der Waals surface area contributed by atoms with E-state index in [1.54, 1.807) is 26.0 Å². The van der Waals surface area contributed by atoms with E-state index in [-0.39, 0.29) is 15.4 Å². The molecule has 0 saturated heterocycles. The molecule has 0 fully saturated rings. The molecule has 0 saturated carbocycles. The van der Waals surface area contributed by atoms with E-state index in [0.717, 1.165) is 17.2 Å². The van der Waals surface area contributed by atoms with Crippen LogP contribution in [0, 0.1) is 24.0 Å². The Labute approximate surface area is 201 Å². The SMILES string of the molecule is Cc1ccc(S(=O)(=O)O/C=C2\c3cccc([N+](=O)[O-])c3C(=O)N2S(=O)(=O)c2ccc(C)cc2)cc1. The molecule has 3 aromatic carbocycles. The summed E-state index contributed by atoms with van der Waals surface area (Å²) in [4.78, 5) is 23.5. The number of rotatable bonds is 6. The van der Waals surface area contributed by atoms with E-state index in [4.69, 9.17) is 4.18 Å². The van der Waals surface area contributed by atoms with Crippen LogP contribution in [-0.2, 0) is 24.3 Å². The lowest BCUT2D eigenvalue weighted by Crippen LogP contribution is -2.31. The predicted molar refractivity (Wildman–Crippen MR) is 125 cm³/mol.